The Bertz CT molecular complexity index is 585. The van der Waals surface area contributed by atoms with E-state index in [1.54, 1.807) is 0 Å². The molecule has 0 saturated heterocycles. The summed E-state index contributed by atoms with van der Waals surface area (Å²) in [5, 5.41) is 3.77. The van der Waals surface area contributed by atoms with Crippen LogP contribution in [0, 0.1) is 0 Å². The summed E-state index contributed by atoms with van der Waals surface area (Å²) in [5.41, 5.74) is 5.91. The van der Waals surface area contributed by atoms with Crippen LogP contribution in [0.5, 0.6) is 0 Å². The van der Waals surface area contributed by atoms with Crippen LogP contribution in [0.4, 0.5) is 0 Å². The lowest BCUT2D eigenvalue weighted by Gasteiger charge is -2.37. The second-order valence-electron chi connectivity index (χ2n) is 6.04. The molecule has 0 spiro atoms. The second-order valence-corrected chi connectivity index (χ2v) is 6.04. The smallest absolute Gasteiger partial charge is 0.0392 e. The van der Waals surface area contributed by atoms with Crippen molar-refractivity contribution in [3.63, 3.8) is 0 Å². The third-order valence-electron chi connectivity index (χ3n) is 4.66. The van der Waals surface area contributed by atoms with Crippen molar-refractivity contribution in [2.75, 3.05) is 6.54 Å². The lowest BCUT2D eigenvalue weighted by atomic mass is 9.71. The fourth-order valence-electron chi connectivity index (χ4n) is 3.35. The van der Waals surface area contributed by atoms with E-state index in [9.17, 15) is 0 Å². The average Bonchev–Trinajstić information content (AvgIpc) is 2.52. The zero-order chi connectivity index (χ0) is 14.7. The van der Waals surface area contributed by atoms with E-state index >= 15 is 0 Å². The van der Waals surface area contributed by atoms with Gasteiger partial charge >= 0.3 is 0 Å². The summed E-state index contributed by atoms with van der Waals surface area (Å²) >= 11 is 0. The van der Waals surface area contributed by atoms with Crippen LogP contribution in [0.15, 0.2) is 48.5 Å². The van der Waals surface area contributed by atoms with Crippen LogP contribution in [0.1, 0.15) is 54.5 Å². The quantitative estimate of drug-likeness (QED) is 0.813. The Morgan fingerprint density at radius 2 is 1.81 bits per heavy atom. The van der Waals surface area contributed by atoms with Gasteiger partial charge in [-0.1, -0.05) is 62.4 Å². The minimum Gasteiger partial charge on any atom is -0.309 e. The normalized spacial score (nSPS) is 17.9. The summed E-state index contributed by atoms with van der Waals surface area (Å²) in [6, 6.07) is 18.5. The first-order valence-electron chi connectivity index (χ1n) is 8.23. The third kappa shape index (κ3) is 2.89. The summed E-state index contributed by atoms with van der Waals surface area (Å²) in [6.07, 6.45) is 3.49. The van der Waals surface area contributed by atoms with Crippen LogP contribution >= 0.6 is 0 Å². The molecule has 1 heteroatoms. The summed E-state index contributed by atoms with van der Waals surface area (Å²) in [5.74, 6) is 0.625. The van der Waals surface area contributed by atoms with E-state index < -0.39 is 0 Å². The molecule has 0 saturated carbocycles. The minimum atomic E-state index is 0.450. The van der Waals surface area contributed by atoms with Gasteiger partial charge in [0.25, 0.3) is 0 Å². The molecule has 21 heavy (non-hydrogen) atoms. The molecule has 0 radical (unpaired) electrons. The van der Waals surface area contributed by atoms with E-state index in [2.05, 4.69) is 67.7 Å². The van der Waals surface area contributed by atoms with Gasteiger partial charge in [0.05, 0.1) is 0 Å². The molecule has 2 aromatic rings. The highest BCUT2D eigenvalue weighted by Gasteiger charge is 2.33. The number of hydrogen-bond acceptors (Lipinski definition) is 1. The zero-order valence-electron chi connectivity index (χ0n) is 13.1. The summed E-state index contributed by atoms with van der Waals surface area (Å²) in [6.45, 7) is 5.53. The van der Waals surface area contributed by atoms with Crippen LogP contribution in [0.2, 0.25) is 0 Å². The van der Waals surface area contributed by atoms with Gasteiger partial charge in [-0.25, -0.2) is 0 Å². The van der Waals surface area contributed by atoms with Crippen molar-refractivity contribution in [3.05, 3.63) is 70.8 Å². The predicted octanol–water partition coefficient (Wildman–Crippen LogP) is 4.63. The van der Waals surface area contributed by atoms with Gasteiger partial charge in [0.15, 0.2) is 0 Å². The lowest BCUT2D eigenvalue weighted by molar-refractivity contribution is 0.411. The summed E-state index contributed by atoms with van der Waals surface area (Å²) in [7, 11) is 0. The van der Waals surface area contributed by atoms with Crippen molar-refractivity contribution in [2.24, 2.45) is 0 Å². The SMILES string of the molecule is CCCNC(c1ccc(CC)cc1)C1Cc2ccccc21. The summed E-state index contributed by atoms with van der Waals surface area (Å²) < 4.78 is 0. The number of rotatable bonds is 6. The first kappa shape index (κ1) is 14.3. The maximum atomic E-state index is 3.77. The molecule has 3 rings (SSSR count). The van der Waals surface area contributed by atoms with Crippen molar-refractivity contribution in [2.45, 2.75) is 45.1 Å². The number of aryl methyl sites for hydroxylation is 1. The Kier molecular flexibility index (Phi) is 4.40. The standard InChI is InChI=1S/C20H25N/c1-3-13-21-20(16-11-9-15(4-2)10-12-16)19-14-17-7-5-6-8-18(17)19/h5-12,19-21H,3-4,13-14H2,1-2H3. The van der Waals surface area contributed by atoms with E-state index in [1.165, 1.54) is 35.1 Å². The van der Waals surface area contributed by atoms with Crippen LogP contribution in [-0.2, 0) is 12.8 Å². The molecule has 2 aromatic carbocycles. The van der Waals surface area contributed by atoms with Gasteiger partial charge in [0.2, 0.25) is 0 Å². The van der Waals surface area contributed by atoms with Crippen molar-refractivity contribution in [3.8, 4) is 0 Å². The zero-order valence-corrected chi connectivity index (χ0v) is 13.1. The average molecular weight is 279 g/mol. The summed E-state index contributed by atoms with van der Waals surface area (Å²) in [4.78, 5) is 0. The molecule has 0 bridgehead atoms. The fraction of sp³-hybridized carbons (Fsp3) is 0.400. The molecule has 0 amide bonds. The Morgan fingerprint density at radius 3 is 2.48 bits per heavy atom. The molecule has 110 valence electrons. The maximum Gasteiger partial charge on any atom is 0.0392 e. The van der Waals surface area contributed by atoms with Crippen LogP contribution in [0.3, 0.4) is 0 Å². The van der Waals surface area contributed by atoms with Gasteiger partial charge in [-0.15, -0.1) is 0 Å². The van der Waals surface area contributed by atoms with Gasteiger partial charge in [-0.2, -0.15) is 0 Å². The molecule has 2 unspecified atom stereocenters. The van der Waals surface area contributed by atoms with Gasteiger partial charge in [0.1, 0.15) is 0 Å². The predicted molar refractivity (Wildman–Crippen MR) is 89.7 cm³/mol. The monoisotopic (exact) mass is 279 g/mol. The highest BCUT2D eigenvalue weighted by molar-refractivity contribution is 5.43. The molecule has 1 aliphatic rings. The Morgan fingerprint density at radius 1 is 1.05 bits per heavy atom. The van der Waals surface area contributed by atoms with Gasteiger partial charge < -0.3 is 5.32 Å². The third-order valence-corrected chi connectivity index (χ3v) is 4.66. The second kappa shape index (κ2) is 6.44. The van der Waals surface area contributed by atoms with E-state index in [4.69, 9.17) is 0 Å². The number of fused-ring (bicyclic) bond motifs is 1. The molecule has 0 aliphatic heterocycles. The molecule has 1 N–H and O–H groups in total. The molecular formula is C20H25N. The van der Waals surface area contributed by atoms with Crippen molar-refractivity contribution in [1.82, 2.24) is 5.32 Å². The number of benzene rings is 2. The van der Waals surface area contributed by atoms with E-state index in [1.807, 2.05) is 0 Å². The first-order chi connectivity index (χ1) is 10.3. The Hall–Kier alpha value is -1.60. The molecule has 2 atom stereocenters. The minimum absolute atomic E-state index is 0.450. The molecular weight excluding hydrogens is 254 g/mol. The van der Waals surface area contributed by atoms with Crippen LogP contribution in [0.25, 0.3) is 0 Å². The van der Waals surface area contributed by atoms with E-state index in [0.29, 0.717) is 12.0 Å². The van der Waals surface area contributed by atoms with Gasteiger partial charge in [0, 0.05) is 12.0 Å². The molecule has 1 nitrogen and oxygen atoms in total. The van der Waals surface area contributed by atoms with Crippen molar-refractivity contribution in [1.29, 1.82) is 0 Å². The van der Waals surface area contributed by atoms with Crippen molar-refractivity contribution >= 4 is 0 Å². The van der Waals surface area contributed by atoms with Gasteiger partial charge in [-0.3, -0.25) is 0 Å². The Labute approximate surface area is 128 Å². The van der Waals surface area contributed by atoms with E-state index in [0.717, 1.165) is 13.0 Å². The van der Waals surface area contributed by atoms with Gasteiger partial charge in [-0.05, 0) is 48.1 Å². The van der Waals surface area contributed by atoms with Crippen LogP contribution < -0.4 is 5.32 Å². The maximum absolute atomic E-state index is 3.77. The fourth-order valence-corrected chi connectivity index (χ4v) is 3.35. The number of nitrogens with one attached hydrogen (secondary N) is 1. The highest BCUT2D eigenvalue weighted by atomic mass is 14.9. The molecule has 0 fully saturated rings. The molecule has 0 heterocycles. The van der Waals surface area contributed by atoms with Crippen molar-refractivity contribution < 1.29 is 0 Å². The largest absolute Gasteiger partial charge is 0.309 e. The highest BCUT2D eigenvalue weighted by Crippen LogP contribution is 2.43. The van der Waals surface area contributed by atoms with Crippen LogP contribution in [-0.4, -0.2) is 6.54 Å². The molecule has 0 aromatic heterocycles. The Balaban J connectivity index is 1.84. The van der Waals surface area contributed by atoms with E-state index in [-0.39, 0.29) is 0 Å². The lowest BCUT2D eigenvalue weighted by Crippen LogP contribution is -2.33. The number of hydrogen-bond donors (Lipinski definition) is 1. The first-order valence-corrected chi connectivity index (χ1v) is 8.23. The molecule has 1 aliphatic carbocycles. The topological polar surface area (TPSA) is 12.0 Å².